The molecule has 0 saturated heterocycles. The van der Waals surface area contributed by atoms with Gasteiger partial charge in [-0.1, -0.05) is 12.1 Å². The van der Waals surface area contributed by atoms with Crippen LogP contribution in [0.25, 0.3) is 0 Å². The summed E-state index contributed by atoms with van der Waals surface area (Å²) in [5.41, 5.74) is 6.28. The Morgan fingerprint density at radius 3 is 1.97 bits per heavy atom. The maximum Gasteiger partial charge on any atom is 0.325 e. The number of aliphatic carboxylic acids is 2. The van der Waals surface area contributed by atoms with Gasteiger partial charge >= 0.3 is 11.9 Å². The van der Waals surface area contributed by atoms with Crippen LogP contribution in [0.5, 0.6) is 5.75 Å². The summed E-state index contributed by atoms with van der Waals surface area (Å²) in [4.78, 5) is 58.8. The Morgan fingerprint density at radius 2 is 1.44 bits per heavy atom. The number of carbonyl (C=O) groups excluding carboxylic acids is 3. The molecule has 0 aliphatic carbocycles. The Labute approximate surface area is 184 Å². The van der Waals surface area contributed by atoms with Crippen LogP contribution in [0.1, 0.15) is 32.3 Å². The molecule has 1 aromatic carbocycles. The van der Waals surface area contributed by atoms with E-state index >= 15 is 0 Å². The summed E-state index contributed by atoms with van der Waals surface area (Å²) in [6.07, 6.45) is -0.480. The molecule has 1 rings (SSSR count). The standard InChI is InChI=1S/C20H28N4O8/c1-10(17(28)23-11(2)20(31)32)22-19(30)15(9-12-3-5-13(25)6-4-12)24-18(29)14(21)7-8-16(26)27/h3-6,10-11,14-15,25H,7-9,21H2,1-2H3,(H,22,30)(H,23,28)(H,24,29)(H,26,27)(H,31,32). The van der Waals surface area contributed by atoms with Gasteiger partial charge in [0.1, 0.15) is 23.9 Å². The van der Waals surface area contributed by atoms with Gasteiger partial charge in [-0.3, -0.25) is 24.0 Å². The van der Waals surface area contributed by atoms with Crippen molar-refractivity contribution in [2.45, 2.75) is 57.3 Å². The average Bonchev–Trinajstić information content (AvgIpc) is 2.72. The van der Waals surface area contributed by atoms with E-state index in [1.54, 1.807) is 0 Å². The number of nitrogens with two attached hydrogens (primary N) is 1. The SMILES string of the molecule is CC(NC(=O)C(C)NC(=O)C(Cc1ccc(O)cc1)NC(=O)C(N)CCC(=O)O)C(=O)O. The predicted octanol–water partition coefficient (Wildman–Crippen LogP) is -1.29. The number of phenolic OH excluding ortho intramolecular Hbond substituents is 1. The molecule has 0 fully saturated rings. The Balaban J connectivity index is 2.90. The maximum absolute atomic E-state index is 12.8. The minimum absolute atomic E-state index is 0.00678. The lowest BCUT2D eigenvalue weighted by molar-refractivity contribution is -0.141. The molecular formula is C20H28N4O8. The molecule has 176 valence electrons. The van der Waals surface area contributed by atoms with Gasteiger partial charge in [0.15, 0.2) is 0 Å². The van der Waals surface area contributed by atoms with Crippen molar-refractivity contribution in [1.29, 1.82) is 0 Å². The fraction of sp³-hybridized carbons (Fsp3) is 0.450. The molecule has 12 heteroatoms. The topological polar surface area (TPSA) is 208 Å². The molecule has 0 aliphatic heterocycles. The third-order valence-electron chi connectivity index (χ3n) is 4.50. The molecular weight excluding hydrogens is 424 g/mol. The van der Waals surface area contributed by atoms with Gasteiger partial charge in [0, 0.05) is 12.8 Å². The normalized spacial score (nSPS) is 14.3. The summed E-state index contributed by atoms with van der Waals surface area (Å²) in [6, 6.07) is 1.26. The first-order valence-electron chi connectivity index (χ1n) is 9.80. The maximum atomic E-state index is 12.8. The van der Waals surface area contributed by atoms with E-state index in [9.17, 15) is 29.1 Å². The highest BCUT2D eigenvalue weighted by atomic mass is 16.4. The molecule has 32 heavy (non-hydrogen) atoms. The lowest BCUT2D eigenvalue weighted by Crippen LogP contribution is -2.56. The summed E-state index contributed by atoms with van der Waals surface area (Å²) in [6.45, 7) is 2.61. The van der Waals surface area contributed by atoms with Crippen molar-refractivity contribution in [2.24, 2.45) is 5.73 Å². The smallest absolute Gasteiger partial charge is 0.325 e. The Bertz CT molecular complexity index is 843. The molecule has 4 unspecified atom stereocenters. The van der Waals surface area contributed by atoms with Crippen molar-refractivity contribution in [3.8, 4) is 5.75 Å². The Hall–Kier alpha value is -3.67. The summed E-state index contributed by atoms with van der Waals surface area (Å²) >= 11 is 0. The van der Waals surface area contributed by atoms with E-state index in [2.05, 4.69) is 16.0 Å². The third kappa shape index (κ3) is 9.00. The van der Waals surface area contributed by atoms with Crippen molar-refractivity contribution in [3.63, 3.8) is 0 Å². The molecule has 4 atom stereocenters. The molecule has 0 heterocycles. The average molecular weight is 452 g/mol. The second kappa shape index (κ2) is 12.2. The van der Waals surface area contributed by atoms with Gasteiger partial charge in [0.05, 0.1) is 6.04 Å². The van der Waals surface area contributed by atoms with E-state index in [1.807, 2.05) is 0 Å². The molecule has 0 radical (unpaired) electrons. The third-order valence-corrected chi connectivity index (χ3v) is 4.50. The number of carbonyl (C=O) groups is 5. The van der Waals surface area contributed by atoms with Crippen molar-refractivity contribution >= 4 is 29.7 Å². The van der Waals surface area contributed by atoms with E-state index in [0.717, 1.165) is 0 Å². The van der Waals surface area contributed by atoms with Crippen molar-refractivity contribution < 1.29 is 39.3 Å². The van der Waals surface area contributed by atoms with Gasteiger partial charge in [-0.15, -0.1) is 0 Å². The van der Waals surface area contributed by atoms with Gasteiger partial charge in [0.25, 0.3) is 0 Å². The zero-order chi connectivity index (χ0) is 24.4. The minimum atomic E-state index is -1.25. The molecule has 0 spiro atoms. The first-order chi connectivity index (χ1) is 14.9. The number of hydrogen-bond donors (Lipinski definition) is 7. The summed E-state index contributed by atoms with van der Waals surface area (Å²) < 4.78 is 0. The summed E-state index contributed by atoms with van der Waals surface area (Å²) in [5.74, 6) is -4.58. The van der Waals surface area contributed by atoms with Crippen LogP contribution in [0.15, 0.2) is 24.3 Å². The Morgan fingerprint density at radius 1 is 0.875 bits per heavy atom. The van der Waals surface area contributed by atoms with Crippen LogP contribution in [0, 0.1) is 0 Å². The highest BCUT2D eigenvalue weighted by Gasteiger charge is 2.27. The Kier molecular flexibility index (Phi) is 10.1. The van der Waals surface area contributed by atoms with Gasteiger partial charge in [-0.25, -0.2) is 0 Å². The second-order valence-electron chi connectivity index (χ2n) is 7.27. The van der Waals surface area contributed by atoms with Crippen LogP contribution in [0.3, 0.4) is 0 Å². The van der Waals surface area contributed by atoms with Crippen LogP contribution in [0.4, 0.5) is 0 Å². The molecule has 0 saturated carbocycles. The fourth-order valence-corrected chi connectivity index (χ4v) is 2.55. The largest absolute Gasteiger partial charge is 0.508 e. The molecule has 12 nitrogen and oxygen atoms in total. The summed E-state index contributed by atoms with van der Waals surface area (Å²) in [7, 11) is 0. The van der Waals surface area contributed by atoms with Crippen molar-refractivity contribution in [3.05, 3.63) is 29.8 Å². The molecule has 0 bridgehead atoms. The highest BCUT2D eigenvalue weighted by Crippen LogP contribution is 2.12. The van der Waals surface area contributed by atoms with Crippen LogP contribution in [0.2, 0.25) is 0 Å². The molecule has 1 aromatic rings. The minimum Gasteiger partial charge on any atom is -0.508 e. The van der Waals surface area contributed by atoms with Crippen LogP contribution in [-0.2, 0) is 30.4 Å². The van der Waals surface area contributed by atoms with Crippen LogP contribution in [-0.4, -0.2) is 69.1 Å². The van der Waals surface area contributed by atoms with Gasteiger partial charge in [0.2, 0.25) is 17.7 Å². The predicted molar refractivity (Wildman–Crippen MR) is 111 cm³/mol. The van der Waals surface area contributed by atoms with Gasteiger partial charge < -0.3 is 37.0 Å². The van der Waals surface area contributed by atoms with E-state index in [0.29, 0.717) is 5.56 Å². The fourth-order valence-electron chi connectivity index (χ4n) is 2.55. The number of nitrogens with one attached hydrogen (secondary N) is 3. The van der Waals surface area contributed by atoms with Gasteiger partial charge in [-0.2, -0.15) is 0 Å². The first kappa shape index (κ1) is 26.4. The lowest BCUT2D eigenvalue weighted by atomic mass is 10.0. The number of carboxylic acids is 2. The number of hydrogen-bond acceptors (Lipinski definition) is 7. The number of phenols is 1. The monoisotopic (exact) mass is 452 g/mol. The molecule has 8 N–H and O–H groups in total. The second-order valence-corrected chi connectivity index (χ2v) is 7.27. The van der Waals surface area contributed by atoms with Gasteiger partial charge in [-0.05, 0) is 38.0 Å². The molecule has 3 amide bonds. The number of benzene rings is 1. The van der Waals surface area contributed by atoms with E-state index in [-0.39, 0.29) is 25.0 Å². The first-order valence-corrected chi connectivity index (χ1v) is 9.80. The van der Waals surface area contributed by atoms with E-state index < -0.39 is 53.8 Å². The van der Waals surface area contributed by atoms with E-state index in [4.69, 9.17) is 15.9 Å². The summed E-state index contributed by atoms with van der Waals surface area (Å²) in [5, 5.41) is 34.1. The van der Waals surface area contributed by atoms with Crippen LogP contribution < -0.4 is 21.7 Å². The lowest BCUT2D eigenvalue weighted by Gasteiger charge is -2.23. The van der Waals surface area contributed by atoms with Crippen molar-refractivity contribution in [1.82, 2.24) is 16.0 Å². The number of amides is 3. The zero-order valence-corrected chi connectivity index (χ0v) is 17.7. The number of aromatic hydroxyl groups is 1. The number of rotatable bonds is 12. The van der Waals surface area contributed by atoms with Crippen molar-refractivity contribution in [2.75, 3.05) is 0 Å². The van der Waals surface area contributed by atoms with Crippen LogP contribution >= 0.6 is 0 Å². The quantitative estimate of drug-likeness (QED) is 0.201. The highest BCUT2D eigenvalue weighted by molar-refractivity contribution is 5.94. The van der Waals surface area contributed by atoms with E-state index in [1.165, 1.54) is 38.1 Å². The number of carboxylic acid groups (broad SMARTS) is 2. The molecule has 0 aromatic heterocycles. The zero-order valence-electron chi connectivity index (χ0n) is 17.7. The molecule has 0 aliphatic rings.